The number of methoxy groups -OCH3 is 1. The Morgan fingerprint density at radius 3 is 2.78 bits per heavy atom. The molecule has 3 nitrogen and oxygen atoms in total. The lowest BCUT2D eigenvalue weighted by Gasteiger charge is -2.23. The molecule has 1 unspecified atom stereocenters. The van der Waals surface area contributed by atoms with Crippen molar-refractivity contribution in [1.29, 1.82) is 0 Å². The molecule has 0 amide bonds. The molecule has 1 rings (SSSR count). The van der Waals surface area contributed by atoms with E-state index < -0.39 is 0 Å². The minimum absolute atomic E-state index is 0.0481. The number of rotatable bonds is 7. The highest BCUT2D eigenvalue weighted by Gasteiger charge is 2.13. The average Bonchev–Trinajstić information content (AvgIpc) is 2.31. The molecule has 4 heteroatoms. The molecule has 2 N–H and O–H groups in total. The molecule has 0 aromatic heterocycles. The predicted octanol–water partition coefficient (Wildman–Crippen LogP) is 2.19. The van der Waals surface area contributed by atoms with Gasteiger partial charge >= 0.3 is 0 Å². The molecule has 0 aliphatic carbocycles. The van der Waals surface area contributed by atoms with Crippen molar-refractivity contribution in [3.63, 3.8) is 0 Å². The van der Waals surface area contributed by atoms with Crippen LogP contribution in [0.5, 0.6) is 0 Å². The van der Waals surface area contributed by atoms with Gasteiger partial charge in [0.1, 0.15) is 5.82 Å². The van der Waals surface area contributed by atoms with Gasteiger partial charge in [-0.05, 0) is 31.9 Å². The van der Waals surface area contributed by atoms with Gasteiger partial charge in [-0.15, -0.1) is 0 Å². The Labute approximate surface area is 109 Å². The number of benzene rings is 1. The molecule has 0 radical (unpaired) electrons. The molecular weight excluding hydrogens is 231 g/mol. The van der Waals surface area contributed by atoms with Gasteiger partial charge in [-0.1, -0.05) is 6.07 Å². The molecule has 1 atom stereocenters. The van der Waals surface area contributed by atoms with Crippen molar-refractivity contribution in [2.75, 3.05) is 32.2 Å². The fourth-order valence-corrected chi connectivity index (χ4v) is 2.00. The van der Waals surface area contributed by atoms with Gasteiger partial charge in [0, 0.05) is 44.6 Å². The van der Waals surface area contributed by atoms with Crippen LogP contribution in [-0.2, 0) is 11.2 Å². The molecule has 0 heterocycles. The van der Waals surface area contributed by atoms with Gasteiger partial charge < -0.3 is 15.4 Å². The van der Waals surface area contributed by atoms with Crippen LogP contribution in [0.25, 0.3) is 0 Å². The molecule has 0 aliphatic rings. The molecule has 18 heavy (non-hydrogen) atoms. The molecule has 0 aliphatic heterocycles. The van der Waals surface area contributed by atoms with Crippen molar-refractivity contribution in [2.24, 2.45) is 5.73 Å². The van der Waals surface area contributed by atoms with Gasteiger partial charge in [0.2, 0.25) is 0 Å². The van der Waals surface area contributed by atoms with Crippen LogP contribution in [0, 0.1) is 5.82 Å². The molecule has 0 fully saturated rings. The Balaban J connectivity index is 2.82. The van der Waals surface area contributed by atoms with E-state index in [2.05, 4.69) is 4.90 Å². The summed E-state index contributed by atoms with van der Waals surface area (Å²) in [5.74, 6) is -0.177. The molecule has 102 valence electrons. The minimum Gasteiger partial charge on any atom is -0.385 e. The Bertz CT molecular complexity index is 369. The summed E-state index contributed by atoms with van der Waals surface area (Å²) in [7, 11) is 3.65. The summed E-state index contributed by atoms with van der Waals surface area (Å²) in [6.45, 7) is 3.44. The summed E-state index contributed by atoms with van der Waals surface area (Å²) in [5, 5.41) is 0. The quantitative estimate of drug-likeness (QED) is 0.758. The predicted molar refractivity (Wildman–Crippen MR) is 73.5 cm³/mol. The zero-order chi connectivity index (χ0) is 13.5. The van der Waals surface area contributed by atoms with E-state index in [-0.39, 0.29) is 11.9 Å². The van der Waals surface area contributed by atoms with Crippen molar-refractivity contribution in [3.8, 4) is 0 Å². The first-order valence-corrected chi connectivity index (χ1v) is 6.29. The summed E-state index contributed by atoms with van der Waals surface area (Å²) in [4.78, 5) is 2.06. The maximum Gasteiger partial charge on any atom is 0.128 e. The number of hydrogen-bond acceptors (Lipinski definition) is 3. The van der Waals surface area contributed by atoms with E-state index in [1.54, 1.807) is 13.2 Å². The van der Waals surface area contributed by atoms with Gasteiger partial charge in [0.25, 0.3) is 0 Å². The molecule has 0 spiro atoms. The third-order valence-electron chi connectivity index (χ3n) is 2.87. The Kier molecular flexibility index (Phi) is 6.09. The molecule has 1 aromatic carbocycles. The molecule has 1 aromatic rings. The SMILES string of the molecule is COCCCN(C)c1cccc(F)c1CC(C)N. The number of halogens is 1. The smallest absolute Gasteiger partial charge is 0.128 e. The van der Waals surface area contributed by atoms with Crippen molar-refractivity contribution in [1.82, 2.24) is 0 Å². The van der Waals surface area contributed by atoms with E-state index in [0.29, 0.717) is 18.6 Å². The van der Waals surface area contributed by atoms with Gasteiger partial charge in [-0.2, -0.15) is 0 Å². The summed E-state index contributed by atoms with van der Waals surface area (Å²) in [6, 6.07) is 5.12. The number of nitrogens with zero attached hydrogens (tertiary/aromatic N) is 1. The normalized spacial score (nSPS) is 12.5. The van der Waals surface area contributed by atoms with Crippen LogP contribution in [0.1, 0.15) is 18.9 Å². The van der Waals surface area contributed by atoms with Gasteiger partial charge in [-0.3, -0.25) is 0 Å². The van der Waals surface area contributed by atoms with Crippen molar-refractivity contribution in [3.05, 3.63) is 29.6 Å². The van der Waals surface area contributed by atoms with Crippen LogP contribution in [0.3, 0.4) is 0 Å². The largest absolute Gasteiger partial charge is 0.385 e. The Morgan fingerprint density at radius 2 is 2.17 bits per heavy atom. The fourth-order valence-electron chi connectivity index (χ4n) is 2.00. The fraction of sp³-hybridized carbons (Fsp3) is 0.571. The van der Waals surface area contributed by atoms with Crippen LogP contribution >= 0.6 is 0 Å². The monoisotopic (exact) mass is 254 g/mol. The van der Waals surface area contributed by atoms with Crippen LogP contribution < -0.4 is 10.6 Å². The van der Waals surface area contributed by atoms with Crippen LogP contribution in [0.15, 0.2) is 18.2 Å². The molecule has 0 bridgehead atoms. The minimum atomic E-state index is -0.177. The number of anilines is 1. The maximum absolute atomic E-state index is 13.9. The second-order valence-corrected chi connectivity index (χ2v) is 4.69. The van der Waals surface area contributed by atoms with Crippen LogP contribution in [0.2, 0.25) is 0 Å². The first kappa shape index (κ1) is 14.9. The number of hydrogen-bond donors (Lipinski definition) is 1. The van der Waals surface area contributed by atoms with E-state index in [0.717, 1.165) is 18.7 Å². The zero-order valence-electron chi connectivity index (χ0n) is 11.4. The van der Waals surface area contributed by atoms with E-state index in [1.807, 2.05) is 20.0 Å². The highest BCUT2D eigenvalue weighted by molar-refractivity contribution is 5.54. The van der Waals surface area contributed by atoms with E-state index in [4.69, 9.17) is 10.5 Å². The van der Waals surface area contributed by atoms with Gasteiger partial charge in [0.15, 0.2) is 0 Å². The molecule has 0 saturated heterocycles. The van der Waals surface area contributed by atoms with Gasteiger partial charge in [0.05, 0.1) is 0 Å². The zero-order valence-corrected chi connectivity index (χ0v) is 11.4. The van der Waals surface area contributed by atoms with Crippen molar-refractivity contribution >= 4 is 5.69 Å². The summed E-state index contributed by atoms with van der Waals surface area (Å²) < 4.78 is 18.9. The Hall–Kier alpha value is -1.13. The number of ether oxygens (including phenoxy) is 1. The lowest BCUT2D eigenvalue weighted by Crippen LogP contribution is -2.24. The lowest BCUT2D eigenvalue weighted by molar-refractivity contribution is 0.196. The third-order valence-corrected chi connectivity index (χ3v) is 2.87. The van der Waals surface area contributed by atoms with Gasteiger partial charge in [-0.25, -0.2) is 4.39 Å². The van der Waals surface area contributed by atoms with Crippen molar-refractivity contribution < 1.29 is 9.13 Å². The summed E-state index contributed by atoms with van der Waals surface area (Å²) in [5.41, 5.74) is 7.40. The highest BCUT2D eigenvalue weighted by atomic mass is 19.1. The summed E-state index contributed by atoms with van der Waals surface area (Å²) >= 11 is 0. The number of nitrogens with two attached hydrogens (primary N) is 1. The summed E-state index contributed by atoms with van der Waals surface area (Å²) in [6.07, 6.45) is 1.47. The Morgan fingerprint density at radius 1 is 1.44 bits per heavy atom. The van der Waals surface area contributed by atoms with Crippen LogP contribution in [0.4, 0.5) is 10.1 Å². The second kappa shape index (κ2) is 7.34. The third kappa shape index (κ3) is 4.27. The lowest BCUT2D eigenvalue weighted by atomic mass is 10.0. The van der Waals surface area contributed by atoms with E-state index in [9.17, 15) is 4.39 Å². The molecule has 0 saturated carbocycles. The first-order chi connectivity index (χ1) is 8.56. The topological polar surface area (TPSA) is 38.5 Å². The van der Waals surface area contributed by atoms with Crippen LogP contribution in [-0.4, -0.2) is 33.4 Å². The average molecular weight is 254 g/mol. The standard InChI is InChI=1S/C14H23FN2O/c1-11(16)10-12-13(15)6-4-7-14(12)17(2)8-5-9-18-3/h4,6-7,11H,5,8-10,16H2,1-3H3. The highest BCUT2D eigenvalue weighted by Crippen LogP contribution is 2.23. The first-order valence-electron chi connectivity index (χ1n) is 6.29. The maximum atomic E-state index is 13.9. The van der Waals surface area contributed by atoms with Crippen molar-refractivity contribution in [2.45, 2.75) is 25.8 Å². The molecular formula is C14H23FN2O. The van der Waals surface area contributed by atoms with E-state index >= 15 is 0 Å². The second-order valence-electron chi connectivity index (χ2n) is 4.69. The van der Waals surface area contributed by atoms with E-state index in [1.165, 1.54) is 6.07 Å².